The molecule has 0 aliphatic carbocycles. The number of H-pyrrole nitrogens is 1. The molecule has 112 valence electrons. The minimum absolute atomic E-state index is 0.130. The van der Waals surface area contributed by atoms with Crippen molar-refractivity contribution in [1.29, 1.82) is 0 Å². The van der Waals surface area contributed by atoms with E-state index in [1.807, 2.05) is 36.4 Å². The summed E-state index contributed by atoms with van der Waals surface area (Å²) in [6, 6.07) is 14.9. The Morgan fingerprint density at radius 1 is 1.05 bits per heavy atom. The molecule has 3 rings (SSSR count). The van der Waals surface area contributed by atoms with Gasteiger partial charge < -0.3 is 10.3 Å². The molecular weight excluding hydrogens is 319 g/mol. The van der Waals surface area contributed by atoms with Crippen LogP contribution in [-0.4, -0.2) is 17.4 Å². The van der Waals surface area contributed by atoms with Gasteiger partial charge >= 0.3 is 0 Å². The summed E-state index contributed by atoms with van der Waals surface area (Å²) in [5.41, 5.74) is 2.52. The molecule has 1 heterocycles. The van der Waals surface area contributed by atoms with E-state index >= 15 is 0 Å². The van der Waals surface area contributed by atoms with Crippen LogP contribution >= 0.6 is 23.2 Å². The van der Waals surface area contributed by atoms with Gasteiger partial charge in [0.25, 0.3) is 5.91 Å². The van der Waals surface area contributed by atoms with Crippen molar-refractivity contribution in [2.75, 3.05) is 6.54 Å². The van der Waals surface area contributed by atoms with Gasteiger partial charge in [-0.1, -0.05) is 35.3 Å². The van der Waals surface area contributed by atoms with E-state index in [-0.39, 0.29) is 5.91 Å². The molecule has 0 saturated heterocycles. The van der Waals surface area contributed by atoms with Crippen LogP contribution < -0.4 is 5.32 Å². The van der Waals surface area contributed by atoms with Gasteiger partial charge in [0.05, 0.1) is 0 Å². The standard InChI is InChI=1S/C17H14Cl2N2O/c18-13-3-1-2-11(8-13)6-7-20-17(22)16-10-12-9-14(19)4-5-15(12)21-16/h1-5,8-10,21H,6-7H2,(H,20,22). The second kappa shape index (κ2) is 6.42. The molecule has 2 N–H and O–H groups in total. The maximum absolute atomic E-state index is 12.2. The predicted octanol–water partition coefficient (Wildman–Crippen LogP) is 4.45. The Labute approximate surface area is 138 Å². The quantitative estimate of drug-likeness (QED) is 0.728. The fourth-order valence-corrected chi connectivity index (χ4v) is 2.73. The molecule has 0 saturated carbocycles. The molecule has 1 amide bonds. The van der Waals surface area contributed by atoms with Crippen molar-refractivity contribution in [1.82, 2.24) is 10.3 Å². The second-order valence-corrected chi connectivity index (χ2v) is 5.92. The average molecular weight is 333 g/mol. The average Bonchev–Trinajstić information content (AvgIpc) is 2.90. The second-order valence-electron chi connectivity index (χ2n) is 5.05. The fourth-order valence-electron chi connectivity index (χ4n) is 2.33. The molecule has 0 aliphatic heterocycles. The molecule has 2 aromatic carbocycles. The van der Waals surface area contributed by atoms with E-state index < -0.39 is 0 Å². The highest BCUT2D eigenvalue weighted by atomic mass is 35.5. The molecule has 3 aromatic rings. The van der Waals surface area contributed by atoms with E-state index in [0.717, 1.165) is 22.9 Å². The summed E-state index contributed by atoms with van der Waals surface area (Å²) >= 11 is 11.9. The topological polar surface area (TPSA) is 44.9 Å². The van der Waals surface area contributed by atoms with Gasteiger partial charge in [0.15, 0.2) is 0 Å². The number of nitrogens with one attached hydrogen (secondary N) is 2. The van der Waals surface area contributed by atoms with Crippen LogP contribution in [0.3, 0.4) is 0 Å². The van der Waals surface area contributed by atoms with Gasteiger partial charge in [-0.15, -0.1) is 0 Å². The number of carbonyl (C=O) groups excluding carboxylic acids is 1. The number of aromatic nitrogens is 1. The van der Waals surface area contributed by atoms with Crippen LogP contribution in [0.4, 0.5) is 0 Å². The van der Waals surface area contributed by atoms with Crippen molar-refractivity contribution in [3.8, 4) is 0 Å². The van der Waals surface area contributed by atoms with Gasteiger partial charge in [-0.25, -0.2) is 0 Å². The Bertz CT molecular complexity index is 826. The molecule has 0 aliphatic rings. The van der Waals surface area contributed by atoms with Crippen LogP contribution in [0.15, 0.2) is 48.5 Å². The number of rotatable bonds is 4. The third-order valence-electron chi connectivity index (χ3n) is 3.42. The van der Waals surface area contributed by atoms with Gasteiger partial charge in [0.1, 0.15) is 5.69 Å². The summed E-state index contributed by atoms with van der Waals surface area (Å²) in [6.45, 7) is 0.551. The Morgan fingerprint density at radius 2 is 1.86 bits per heavy atom. The lowest BCUT2D eigenvalue weighted by Gasteiger charge is -2.04. The number of benzene rings is 2. The number of hydrogen-bond acceptors (Lipinski definition) is 1. The molecule has 0 unspecified atom stereocenters. The van der Waals surface area contributed by atoms with Crippen LogP contribution in [0.5, 0.6) is 0 Å². The van der Waals surface area contributed by atoms with Gasteiger partial charge in [0.2, 0.25) is 0 Å². The van der Waals surface area contributed by atoms with Crippen molar-refractivity contribution in [3.63, 3.8) is 0 Å². The highest BCUT2D eigenvalue weighted by molar-refractivity contribution is 6.31. The van der Waals surface area contributed by atoms with Crippen LogP contribution in [0.1, 0.15) is 16.1 Å². The first-order valence-electron chi connectivity index (χ1n) is 6.93. The minimum atomic E-state index is -0.130. The van der Waals surface area contributed by atoms with Crippen LogP contribution in [0.25, 0.3) is 10.9 Å². The molecule has 0 radical (unpaired) electrons. The van der Waals surface area contributed by atoms with E-state index in [4.69, 9.17) is 23.2 Å². The highest BCUT2D eigenvalue weighted by Crippen LogP contribution is 2.20. The first kappa shape index (κ1) is 14.9. The Balaban J connectivity index is 1.63. The molecule has 0 atom stereocenters. The molecule has 0 bridgehead atoms. The van der Waals surface area contributed by atoms with Gasteiger partial charge in [-0.2, -0.15) is 0 Å². The summed E-state index contributed by atoms with van der Waals surface area (Å²) in [4.78, 5) is 15.2. The third kappa shape index (κ3) is 3.43. The first-order valence-corrected chi connectivity index (χ1v) is 7.68. The minimum Gasteiger partial charge on any atom is -0.351 e. The summed E-state index contributed by atoms with van der Waals surface area (Å²) < 4.78 is 0. The number of halogens is 2. The van der Waals surface area contributed by atoms with E-state index in [1.165, 1.54) is 0 Å². The Hall–Kier alpha value is -1.97. The summed E-state index contributed by atoms with van der Waals surface area (Å²) in [5.74, 6) is -0.130. The number of fused-ring (bicyclic) bond motifs is 1. The highest BCUT2D eigenvalue weighted by Gasteiger charge is 2.09. The number of aromatic amines is 1. The summed E-state index contributed by atoms with van der Waals surface area (Å²) in [5, 5.41) is 5.18. The van der Waals surface area contributed by atoms with Crippen LogP contribution in [-0.2, 0) is 6.42 Å². The third-order valence-corrected chi connectivity index (χ3v) is 3.89. The van der Waals surface area contributed by atoms with Crippen molar-refractivity contribution in [3.05, 3.63) is 69.8 Å². The van der Waals surface area contributed by atoms with Crippen molar-refractivity contribution in [2.45, 2.75) is 6.42 Å². The molecule has 22 heavy (non-hydrogen) atoms. The van der Waals surface area contributed by atoms with Gasteiger partial charge in [-0.05, 0) is 48.4 Å². The molecule has 0 spiro atoms. The fraction of sp³-hybridized carbons (Fsp3) is 0.118. The molecule has 5 heteroatoms. The zero-order valence-corrected chi connectivity index (χ0v) is 13.2. The van der Waals surface area contributed by atoms with Crippen LogP contribution in [0.2, 0.25) is 10.0 Å². The Morgan fingerprint density at radius 3 is 2.68 bits per heavy atom. The zero-order chi connectivity index (χ0) is 15.5. The smallest absolute Gasteiger partial charge is 0.267 e. The summed E-state index contributed by atoms with van der Waals surface area (Å²) in [7, 11) is 0. The normalized spacial score (nSPS) is 10.8. The maximum Gasteiger partial charge on any atom is 0.267 e. The molecule has 0 fully saturated rings. The zero-order valence-electron chi connectivity index (χ0n) is 11.7. The number of carbonyl (C=O) groups is 1. The molecule has 1 aromatic heterocycles. The number of hydrogen-bond donors (Lipinski definition) is 2. The lowest BCUT2D eigenvalue weighted by Crippen LogP contribution is -2.25. The molecular formula is C17H14Cl2N2O. The predicted molar refractivity (Wildman–Crippen MR) is 90.8 cm³/mol. The van der Waals surface area contributed by atoms with E-state index in [0.29, 0.717) is 22.3 Å². The number of amides is 1. The van der Waals surface area contributed by atoms with E-state index in [2.05, 4.69) is 10.3 Å². The van der Waals surface area contributed by atoms with Crippen molar-refractivity contribution >= 4 is 40.0 Å². The lowest BCUT2D eigenvalue weighted by atomic mass is 10.1. The maximum atomic E-state index is 12.2. The Kier molecular flexibility index (Phi) is 4.36. The van der Waals surface area contributed by atoms with Crippen LogP contribution in [0, 0.1) is 0 Å². The summed E-state index contributed by atoms with van der Waals surface area (Å²) in [6.07, 6.45) is 0.734. The van der Waals surface area contributed by atoms with Crippen molar-refractivity contribution in [2.24, 2.45) is 0 Å². The van der Waals surface area contributed by atoms with Gasteiger partial charge in [-0.3, -0.25) is 4.79 Å². The van der Waals surface area contributed by atoms with Gasteiger partial charge in [0, 0.05) is 27.5 Å². The van der Waals surface area contributed by atoms with Crippen molar-refractivity contribution < 1.29 is 4.79 Å². The first-order chi connectivity index (χ1) is 10.6. The van der Waals surface area contributed by atoms with E-state index in [1.54, 1.807) is 12.1 Å². The molecule has 3 nitrogen and oxygen atoms in total. The van der Waals surface area contributed by atoms with E-state index in [9.17, 15) is 4.79 Å². The SMILES string of the molecule is O=C(NCCc1cccc(Cl)c1)c1cc2cc(Cl)ccc2[nH]1. The largest absolute Gasteiger partial charge is 0.351 e. The lowest BCUT2D eigenvalue weighted by molar-refractivity contribution is 0.0950. The monoisotopic (exact) mass is 332 g/mol.